The summed E-state index contributed by atoms with van der Waals surface area (Å²) in [6.45, 7) is 11.2. The molecule has 2 fully saturated rings. The van der Waals surface area contributed by atoms with Gasteiger partial charge < -0.3 is 9.80 Å². The van der Waals surface area contributed by atoms with Gasteiger partial charge in [-0.05, 0) is 74.7 Å². The highest BCUT2D eigenvalue weighted by atomic mass is 16.2. The molecular weight excluding hydrogens is 320 g/mol. The number of benzene rings is 1. The predicted molar refractivity (Wildman–Crippen MR) is 109 cm³/mol. The van der Waals surface area contributed by atoms with E-state index in [2.05, 4.69) is 42.7 Å². The monoisotopic (exact) mass is 356 g/mol. The van der Waals surface area contributed by atoms with Gasteiger partial charge in [-0.1, -0.05) is 39.3 Å². The first-order valence-electron chi connectivity index (χ1n) is 10.6. The van der Waals surface area contributed by atoms with Crippen molar-refractivity contribution in [3.8, 4) is 0 Å². The SMILES string of the molecule is CC(C)(C)c1ccc(C(=O)N2CCCC[C@H]2CCN2CCCCC2)cc1. The van der Waals surface area contributed by atoms with E-state index in [1.165, 1.54) is 50.8 Å². The lowest BCUT2D eigenvalue weighted by Crippen LogP contribution is -2.45. The molecule has 0 spiro atoms. The molecule has 26 heavy (non-hydrogen) atoms. The Morgan fingerprint density at radius 2 is 1.62 bits per heavy atom. The van der Waals surface area contributed by atoms with Gasteiger partial charge >= 0.3 is 0 Å². The van der Waals surface area contributed by atoms with E-state index in [9.17, 15) is 4.79 Å². The third kappa shape index (κ3) is 4.88. The minimum Gasteiger partial charge on any atom is -0.336 e. The van der Waals surface area contributed by atoms with E-state index < -0.39 is 0 Å². The number of carbonyl (C=O) groups excluding carboxylic acids is 1. The molecule has 1 atom stereocenters. The summed E-state index contributed by atoms with van der Waals surface area (Å²) >= 11 is 0. The Labute approximate surface area is 159 Å². The maximum Gasteiger partial charge on any atom is 0.254 e. The molecule has 3 nitrogen and oxygen atoms in total. The number of hydrogen-bond acceptors (Lipinski definition) is 2. The van der Waals surface area contributed by atoms with Gasteiger partial charge in [0.05, 0.1) is 0 Å². The first-order chi connectivity index (χ1) is 12.4. The van der Waals surface area contributed by atoms with Crippen LogP contribution < -0.4 is 0 Å². The zero-order chi connectivity index (χ0) is 18.6. The molecule has 3 rings (SSSR count). The topological polar surface area (TPSA) is 23.6 Å². The molecule has 2 heterocycles. The zero-order valence-corrected chi connectivity index (χ0v) is 17.0. The molecular formula is C23H36N2O. The summed E-state index contributed by atoms with van der Waals surface area (Å²) in [5.74, 6) is 0.230. The molecule has 2 aliphatic rings. The van der Waals surface area contributed by atoms with Crippen LogP contribution in [0.4, 0.5) is 0 Å². The Hall–Kier alpha value is -1.35. The number of nitrogens with zero attached hydrogens (tertiary/aromatic N) is 2. The van der Waals surface area contributed by atoms with E-state index in [1.807, 2.05) is 12.1 Å². The fourth-order valence-electron chi connectivity index (χ4n) is 4.36. The molecule has 0 unspecified atom stereocenters. The van der Waals surface area contributed by atoms with Crippen molar-refractivity contribution in [2.45, 2.75) is 77.2 Å². The first kappa shape index (κ1) is 19.4. The Kier molecular flexibility index (Phi) is 6.39. The van der Waals surface area contributed by atoms with Gasteiger partial charge in [0.1, 0.15) is 0 Å². The molecule has 0 aromatic heterocycles. The molecule has 0 N–H and O–H groups in total. The van der Waals surface area contributed by atoms with Crippen LogP contribution in [0.3, 0.4) is 0 Å². The Morgan fingerprint density at radius 1 is 0.962 bits per heavy atom. The first-order valence-corrected chi connectivity index (χ1v) is 10.6. The Morgan fingerprint density at radius 3 is 2.27 bits per heavy atom. The second-order valence-corrected chi connectivity index (χ2v) is 9.17. The van der Waals surface area contributed by atoms with Crippen LogP contribution in [0, 0.1) is 0 Å². The molecule has 2 saturated heterocycles. The summed E-state index contributed by atoms with van der Waals surface area (Å²) in [7, 11) is 0. The maximum absolute atomic E-state index is 13.1. The lowest BCUT2D eigenvalue weighted by Gasteiger charge is -2.37. The van der Waals surface area contributed by atoms with Crippen LogP contribution in [0.1, 0.15) is 81.6 Å². The molecule has 0 aliphatic carbocycles. The van der Waals surface area contributed by atoms with Gasteiger partial charge in [-0.3, -0.25) is 4.79 Å². The number of likely N-dealkylation sites (tertiary alicyclic amines) is 2. The zero-order valence-electron chi connectivity index (χ0n) is 17.0. The molecule has 0 radical (unpaired) electrons. The second-order valence-electron chi connectivity index (χ2n) is 9.17. The average molecular weight is 357 g/mol. The van der Waals surface area contributed by atoms with E-state index >= 15 is 0 Å². The van der Waals surface area contributed by atoms with Crippen LogP contribution in [-0.2, 0) is 5.41 Å². The number of piperidine rings is 2. The fourth-order valence-corrected chi connectivity index (χ4v) is 4.36. The standard InChI is InChI=1S/C23H36N2O/c1-23(2,3)20-12-10-19(11-13-20)22(26)25-17-8-5-9-21(25)14-18-24-15-6-4-7-16-24/h10-13,21H,4-9,14-18H2,1-3H3/t21-/m0/s1. The third-order valence-electron chi connectivity index (χ3n) is 6.11. The predicted octanol–water partition coefficient (Wildman–Crippen LogP) is 4.85. The van der Waals surface area contributed by atoms with E-state index in [0.717, 1.165) is 31.5 Å². The Bertz CT molecular complexity index is 581. The van der Waals surface area contributed by atoms with E-state index in [4.69, 9.17) is 0 Å². The van der Waals surface area contributed by atoms with E-state index in [-0.39, 0.29) is 11.3 Å². The van der Waals surface area contributed by atoms with E-state index in [1.54, 1.807) is 0 Å². The van der Waals surface area contributed by atoms with Crippen molar-refractivity contribution in [1.82, 2.24) is 9.80 Å². The van der Waals surface area contributed by atoms with Gasteiger partial charge in [-0.2, -0.15) is 0 Å². The highest BCUT2D eigenvalue weighted by molar-refractivity contribution is 5.94. The summed E-state index contributed by atoms with van der Waals surface area (Å²) in [6.07, 6.45) is 8.77. The average Bonchev–Trinajstić information content (AvgIpc) is 2.66. The van der Waals surface area contributed by atoms with Crippen molar-refractivity contribution in [2.75, 3.05) is 26.2 Å². The quantitative estimate of drug-likeness (QED) is 0.769. The van der Waals surface area contributed by atoms with E-state index in [0.29, 0.717) is 6.04 Å². The smallest absolute Gasteiger partial charge is 0.254 e. The summed E-state index contributed by atoms with van der Waals surface area (Å²) in [5, 5.41) is 0. The van der Waals surface area contributed by atoms with Crippen LogP contribution in [0.5, 0.6) is 0 Å². The number of amides is 1. The van der Waals surface area contributed by atoms with Crippen molar-refractivity contribution in [2.24, 2.45) is 0 Å². The van der Waals surface area contributed by atoms with Crippen LogP contribution in [-0.4, -0.2) is 47.9 Å². The summed E-state index contributed by atoms with van der Waals surface area (Å²) in [4.78, 5) is 17.9. The number of hydrogen-bond donors (Lipinski definition) is 0. The second kappa shape index (κ2) is 8.56. The third-order valence-corrected chi connectivity index (χ3v) is 6.11. The summed E-state index contributed by atoms with van der Waals surface area (Å²) < 4.78 is 0. The van der Waals surface area contributed by atoms with Crippen molar-refractivity contribution < 1.29 is 4.79 Å². The van der Waals surface area contributed by atoms with Crippen LogP contribution in [0.2, 0.25) is 0 Å². The van der Waals surface area contributed by atoms with Gasteiger partial charge in [0.25, 0.3) is 5.91 Å². The van der Waals surface area contributed by atoms with Crippen molar-refractivity contribution in [1.29, 1.82) is 0 Å². The highest BCUT2D eigenvalue weighted by Gasteiger charge is 2.28. The lowest BCUT2D eigenvalue weighted by molar-refractivity contribution is 0.0579. The van der Waals surface area contributed by atoms with Crippen molar-refractivity contribution in [3.05, 3.63) is 35.4 Å². The highest BCUT2D eigenvalue weighted by Crippen LogP contribution is 2.25. The molecule has 1 aromatic carbocycles. The number of carbonyl (C=O) groups is 1. The van der Waals surface area contributed by atoms with Crippen LogP contribution in [0.15, 0.2) is 24.3 Å². The Balaban J connectivity index is 1.63. The van der Waals surface area contributed by atoms with Gasteiger partial charge in [0.15, 0.2) is 0 Å². The molecule has 2 aliphatic heterocycles. The number of rotatable bonds is 4. The van der Waals surface area contributed by atoms with Crippen LogP contribution >= 0.6 is 0 Å². The molecule has 0 bridgehead atoms. The molecule has 1 aromatic rings. The van der Waals surface area contributed by atoms with Gasteiger partial charge in [0, 0.05) is 24.7 Å². The fraction of sp³-hybridized carbons (Fsp3) is 0.696. The molecule has 3 heteroatoms. The minimum atomic E-state index is 0.129. The minimum absolute atomic E-state index is 0.129. The largest absolute Gasteiger partial charge is 0.336 e. The van der Waals surface area contributed by atoms with Gasteiger partial charge in [-0.15, -0.1) is 0 Å². The van der Waals surface area contributed by atoms with Crippen LogP contribution in [0.25, 0.3) is 0 Å². The van der Waals surface area contributed by atoms with Crippen molar-refractivity contribution >= 4 is 5.91 Å². The molecule has 0 saturated carbocycles. The maximum atomic E-state index is 13.1. The normalized spacial score (nSPS) is 22.4. The lowest BCUT2D eigenvalue weighted by atomic mass is 9.86. The van der Waals surface area contributed by atoms with Gasteiger partial charge in [0.2, 0.25) is 0 Å². The molecule has 1 amide bonds. The van der Waals surface area contributed by atoms with Crippen molar-refractivity contribution in [3.63, 3.8) is 0 Å². The van der Waals surface area contributed by atoms with Gasteiger partial charge in [-0.25, -0.2) is 0 Å². The summed E-state index contributed by atoms with van der Waals surface area (Å²) in [6, 6.07) is 8.72. The molecule has 144 valence electrons. The summed E-state index contributed by atoms with van der Waals surface area (Å²) in [5.41, 5.74) is 2.26.